The van der Waals surface area contributed by atoms with Gasteiger partial charge in [0.2, 0.25) is 12.4 Å². The van der Waals surface area contributed by atoms with Gasteiger partial charge in [-0.3, -0.25) is 14.4 Å². The third-order valence-corrected chi connectivity index (χ3v) is 2.68. The summed E-state index contributed by atoms with van der Waals surface area (Å²) < 4.78 is 19.9. The number of carbonyl (C=O) groups excluding carboxylic acids is 3. The van der Waals surface area contributed by atoms with E-state index in [1.807, 2.05) is 0 Å². The lowest BCUT2D eigenvalue weighted by Crippen LogP contribution is -2.61. The van der Waals surface area contributed by atoms with E-state index in [4.69, 9.17) is 24.1 Å². The summed E-state index contributed by atoms with van der Waals surface area (Å²) in [7, 11) is 0. The van der Waals surface area contributed by atoms with E-state index in [0.717, 1.165) is 20.8 Å². The van der Waals surface area contributed by atoms with Gasteiger partial charge in [0.15, 0.2) is 6.10 Å². The highest BCUT2D eigenvalue weighted by atomic mass is 16.7. The Hall–Kier alpha value is -1.71. The highest BCUT2D eigenvalue weighted by Crippen LogP contribution is 2.27. The van der Waals surface area contributed by atoms with Crippen LogP contribution in [0.4, 0.5) is 0 Å². The van der Waals surface area contributed by atoms with Crippen LogP contribution in [0, 0.1) is 0 Å². The van der Waals surface area contributed by atoms with Crippen molar-refractivity contribution in [3.05, 3.63) is 0 Å². The molecule has 0 aromatic rings. The monoisotopic (exact) mass is 306 g/mol. The highest BCUT2D eigenvalue weighted by molar-refractivity contribution is 5.68. The van der Waals surface area contributed by atoms with E-state index in [-0.39, 0.29) is 0 Å². The van der Waals surface area contributed by atoms with Crippen molar-refractivity contribution in [2.45, 2.75) is 51.5 Å². The minimum Gasteiger partial charge on any atom is -0.455 e. The molecule has 1 fully saturated rings. The molecule has 0 unspecified atom stereocenters. The van der Waals surface area contributed by atoms with Crippen molar-refractivity contribution >= 4 is 17.9 Å². The fraction of sp³-hybridized carbons (Fsp3) is 0.750. The number of rotatable bonds is 4. The smallest absolute Gasteiger partial charge is 0.305 e. The number of hydrogen-bond acceptors (Lipinski definition) is 9. The van der Waals surface area contributed by atoms with E-state index < -0.39 is 55.2 Å². The molecule has 0 aliphatic carbocycles. The SMILES string of the molecule is CC(=O)O[C@@H]1O[C@H](CO)[C@@H](O)[C@H](OC(C)=O)[C@H]1OC(C)=O. The number of ether oxygens (including phenoxy) is 4. The van der Waals surface area contributed by atoms with Crippen LogP contribution in [0.2, 0.25) is 0 Å². The highest BCUT2D eigenvalue weighted by Gasteiger charge is 2.50. The summed E-state index contributed by atoms with van der Waals surface area (Å²) in [5, 5.41) is 19.2. The maximum atomic E-state index is 11.1. The zero-order valence-corrected chi connectivity index (χ0v) is 11.8. The summed E-state index contributed by atoms with van der Waals surface area (Å²) in [5.41, 5.74) is 0. The topological polar surface area (TPSA) is 129 Å². The quantitative estimate of drug-likeness (QED) is 0.470. The first kappa shape index (κ1) is 17.3. The molecule has 1 saturated heterocycles. The zero-order valence-electron chi connectivity index (χ0n) is 11.8. The van der Waals surface area contributed by atoms with Crippen LogP contribution in [-0.4, -0.2) is 65.4 Å². The number of aliphatic hydroxyl groups is 2. The van der Waals surface area contributed by atoms with Crippen LogP contribution in [0.5, 0.6) is 0 Å². The molecule has 0 saturated carbocycles. The third kappa shape index (κ3) is 4.66. The van der Waals surface area contributed by atoms with Gasteiger partial charge < -0.3 is 29.2 Å². The molecule has 0 aromatic carbocycles. The van der Waals surface area contributed by atoms with Gasteiger partial charge in [-0.25, -0.2) is 0 Å². The fourth-order valence-electron chi connectivity index (χ4n) is 1.94. The summed E-state index contributed by atoms with van der Waals surface area (Å²) in [5.74, 6) is -2.21. The van der Waals surface area contributed by atoms with Gasteiger partial charge in [0.05, 0.1) is 6.61 Å². The van der Waals surface area contributed by atoms with E-state index in [9.17, 15) is 19.5 Å². The van der Waals surface area contributed by atoms with Gasteiger partial charge in [0, 0.05) is 20.8 Å². The van der Waals surface area contributed by atoms with E-state index in [1.165, 1.54) is 0 Å². The molecule has 1 rings (SSSR count). The average Bonchev–Trinajstić information content (AvgIpc) is 2.35. The second-order valence-electron chi connectivity index (χ2n) is 4.47. The lowest BCUT2D eigenvalue weighted by atomic mass is 9.98. The molecule has 0 amide bonds. The molecule has 21 heavy (non-hydrogen) atoms. The van der Waals surface area contributed by atoms with Crippen molar-refractivity contribution < 1.29 is 43.5 Å². The minimum absolute atomic E-state index is 0.608. The summed E-state index contributed by atoms with van der Waals surface area (Å²) in [4.78, 5) is 33.3. The second kappa shape index (κ2) is 7.34. The average molecular weight is 306 g/mol. The molecule has 0 bridgehead atoms. The van der Waals surface area contributed by atoms with Gasteiger partial charge >= 0.3 is 17.9 Å². The summed E-state index contributed by atoms with van der Waals surface area (Å²) in [6.07, 6.45) is -6.69. The Morgan fingerprint density at radius 1 is 0.952 bits per heavy atom. The number of carbonyl (C=O) groups is 3. The Kier molecular flexibility index (Phi) is 6.06. The van der Waals surface area contributed by atoms with E-state index in [0.29, 0.717) is 0 Å². The zero-order chi connectivity index (χ0) is 16.2. The molecule has 1 aliphatic rings. The minimum atomic E-state index is -1.45. The van der Waals surface area contributed by atoms with Crippen molar-refractivity contribution in [2.24, 2.45) is 0 Å². The van der Waals surface area contributed by atoms with Crippen molar-refractivity contribution in [2.75, 3.05) is 6.61 Å². The molecule has 1 aliphatic heterocycles. The third-order valence-electron chi connectivity index (χ3n) is 2.68. The number of esters is 3. The Morgan fingerprint density at radius 3 is 1.86 bits per heavy atom. The molecule has 0 aromatic heterocycles. The molecular weight excluding hydrogens is 288 g/mol. The summed E-state index contributed by atoms with van der Waals surface area (Å²) >= 11 is 0. The molecule has 2 N–H and O–H groups in total. The molecule has 0 spiro atoms. The molecule has 1 heterocycles. The Morgan fingerprint density at radius 2 is 1.43 bits per heavy atom. The van der Waals surface area contributed by atoms with Crippen LogP contribution in [0.15, 0.2) is 0 Å². The predicted octanol–water partition coefficient (Wildman–Crippen LogP) is -1.51. The van der Waals surface area contributed by atoms with Crippen LogP contribution >= 0.6 is 0 Å². The fourth-order valence-corrected chi connectivity index (χ4v) is 1.94. The Bertz CT molecular complexity index is 408. The van der Waals surface area contributed by atoms with Gasteiger partial charge in [-0.2, -0.15) is 0 Å². The van der Waals surface area contributed by atoms with Crippen molar-refractivity contribution in [1.82, 2.24) is 0 Å². The van der Waals surface area contributed by atoms with Crippen LogP contribution in [0.25, 0.3) is 0 Å². The lowest BCUT2D eigenvalue weighted by Gasteiger charge is -2.41. The first-order chi connectivity index (χ1) is 9.76. The molecule has 120 valence electrons. The maximum absolute atomic E-state index is 11.1. The molecule has 0 radical (unpaired) electrons. The molecular formula is C12H18O9. The van der Waals surface area contributed by atoms with Crippen molar-refractivity contribution in [3.8, 4) is 0 Å². The second-order valence-corrected chi connectivity index (χ2v) is 4.47. The Labute approximate surface area is 120 Å². The van der Waals surface area contributed by atoms with E-state index in [1.54, 1.807) is 0 Å². The largest absolute Gasteiger partial charge is 0.455 e. The Balaban J connectivity index is 3.05. The van der Waals surface area contributed by atoms with Gasteiger partial charge in [-0.15, -0.1) is 0 Å². The number of hydrogen-bond donors (Lipinski definition) is 2. The van der Waals surface area contributed by atoms with Crippen molar-refractivity contribution in [1.29, 1.82) is 0 Å². The first-order valence-corrected chi connectivity index (χ1v) is 6.22. The maximum Gasteiger partial charge on any atom is 0.305 e. The van der Waals surface area contributed by atoms with Gasteiger partial charge in [0.25, 0.3) is 0 Å². The van der Waals surface area contributed by atoms with Crippen LogP contribution in [0.1, 0.15) is 20.8 Å². The lowest BCUT2D eigenvalue weighted by molar-refractivity contribution is -0.297. The van der Waals surface area contributed by atoms with Gasteiger partial charge in [-0.05, 0) is 0 Å². The summed E-state index contributed by atoms with van der Waals surface area (Å²) in [6, 6.07) is 0. The number of aliphatic hydroxyl groups excluding tert-OH is 2. The predicted molar refractivity (Wildman–Crippen MR) is 64.6 cm³/mol. The van der Waals surface area contributed by atoms with Crippen LogP contribution < -0.4 is 0 Å². The molecule has 9 heteroatoms. The summed E-state index contributed by atoms with van der Waals surface area (Å²) in [6.45, 7) is 2.69. The molecule has 5 atom stereocenters. The van der Waals surface area contributed by atoms with Crippen LogP contribution in [0.3, 0.4) is 0 Å². The first-order valence-electron chi connectivity index (χ1n) is 6.22. The van der Waals surface area contributed by atoms with Gasteiger partial charge in [0.1, 0.15) is 12.2 Å². The molecule has 9 nitrogen and oxygen atoms in total. The standard InChI is InChI=1S/C12H18O9/c1-5(14)18-10-9(17)8(4-13)21-12(20-7(3)16)11(10)19-6(2)15/h8-13,17H,4H2,1-3H3/t8-,9-,10+,11-,12-/m1/s1. The van der Waals surface area contributed by atoms with Crippen molar-refractivity contribution in [3.63, 3.8) is 0 Å². The normalized spacial score (nSPS) is 32.1. The van der Waals surface area contributed by atoms with E-state index in [2.05, 4.69) is 0 Å². The van der Waals surface area contributed by atoms with Crippen LogP contribution in [-0.2, 0) is 33.3 Å². The van der Waals surface area contributed by atoms with Gasteiger partial charge in [-0.1, -0.05) is 0 Å². The van der Waals surface area contributed by atoms with E-state index >= 15 is 0 Å².